The quantitative estimate of drug-likeness (QED) is 0.838. The van der Waals surface area contributed by atoms with Gasteiger partial charge in [-0.1, -0.05) is 31.9 Å². The zero-order chi connectivity index (χ0) is 14.8. The summed E-state index contributed by atoms with van der Waals surface area (Å²) < 4.78 is 38.1. The van der Waals surface area contributed by atoms with Crippen LogP contribution in [0.15, 0.2) is 24.3 Å². The van der Waals surface area contributed by atoms with Gasteiger partial charge < -0.3 is 5.32 Å². The fraction of sp³-hybridized carbons (Fsp3) is 0.625. The summed E-state index contributed by atoms with van der Waals surface area (Å²) in [5.74, 6) is 1.37. The van der Waals surface area contributed by atoms with Gasteiger partial charge in [0, 0.05) is 6.04 Å². The molecule has 4 heteroatoms. The second kappa shape index (κ2) is 6.17. The molecule has 1 fully saturated rings. The molecule has 0 aromatic heterocycles. The molecule has 1 aromatic carbocycles. The zero-order valence-electron chi connectivity index (χ0n) is 12.0. The van der Waals surface area contributed by atoms with Crippen molar-refractivity contribution in [3.63, 3.8) is 0 Å². The number of benzene rings is 1. The normalized spacial score (nSPS) is 24.9. The Morgan fingerprint density at radius 2 is 2.05 bits per heavy atom. The lowest BCUT2D eigenvalue weighted by molar-refractivity contribution is -0.137. The Balaban J connectivity index is 1.97. The number of hydrogen-bond donors (Lipinski definition) is 1. The van der Waals surface area contributed by atoms with E-state index in [-0.39, 0.29) is 6.04 Å². The molecule has 0 radical (unpaired) electrons. The van der Waals surface area contributed by atoms with Crippen LogP contribution in [0.25, 0.3) is 0 Å². The van der Waals surface area contributed by atoms with Crippen molar-refractivity contribution in [1.29, 1.82) is 0 Å². The Kier molecular flexibility index (Phi) is 4.74. The third-order valence-corrected chi connectivity index (χ3v) is 4.44. The van der Waals surface area contributed by atoms with Crippen molar-refractivity contribution in [3.8, 4) is 0 Å². The first-order valence-electron chi connectivity index (χ1n) is 7.28. The lowest BCUT2D eigenvalue weighted by atomic mass is 9.97. The number of rotatable bonds is 4. The summed E-state index contributed by atoms with van der Waals surface area (Å²) >= 11 is 0. The Morgan fingerprint density at radius 3 is 2.65 bits per heavy atom. The van der Waals surface area contributed by atoms with E-state index in [0.717, 1.165) is 18.5 Å². The molecule has 20 heavy (non-hydrogen) atoms. The molecular formula is C16H22F3N. The fourth-order valence-electron chi connectivity index (χ4n) is 2.96. The van der Waals surface area contributed by atoms with Crippen molar-refractivity contribution < 1.29 is 13.2 Å². The Morgan fingerprint density at radius 1 is 1.30 bits per heavy atom. The van der Waals surface area contributed by atoms with Gasteiger partial charge in [-0.3, -0.25) is 0 Å². The second-order valence-corrected chi connectivity index (χ2v) is 5.92. The van der Waals surface area contributed by atoms with Gasteiger partial charge in [0.1, 0.15) is 0 Å². The Bertz CT molecular complexity index is 442. The van der Waals surface area contributed by atoms with E-state index in [1.807, 2.05) is 6.92 Å². The molecule has 0 amide bonds. The molecule has 1 nitrogen and oxygen atoms in total. The first-order chi connectivity index (χ1) is 9.38. The van der Waals surface area contributed by atoms with Crippen LogP contribution < -0.4 is 5.32 Å². The highest BCUT2D eigenvalue weighted by Crippen LogP contribution is 2.32. The summed E-state index contributed by atoms with van der Waals surface area (Å²) in [5.41, 5.74) is 0.128. The molecule has 3 atom stereocenters. The minimum Gasteiger partial charge on any atom is -0.310 e. The molecule has 1 aromatic rings. The smallest absolute Gasteiger partial charge is 0.310 e. The van der Waals surface area contributed by atoms with Crippen molar-refractivity contribution in [2.75, 3.05) is 6.54 Å². The van der Waals surface area contributed by atoms with E-state index in [0.29, 0.717) is 11.5 Å². The second-order valence-electron chi connectivity index (χ2n) is 5.92. The van der Waals surface area contributed by atoms with Crippen LogP contribution in [0.3, 0.4) is 0 Å². The number of alkyl halides is 3. The van der Waals surface area contributed by atoms with E-state index in [9.17, 15) is 13.2 Å². The highest BCUT2D eigenvalue weighted by atomic mass is 19.4. The summed E-state index contributed by atoms with van der Waals surface area (Å²) in [5, 5.41) is 3.38. The van der Waals surface area contributed by atoms with E-state index in [1.165, 1.54) is 31.4 Å². The van der Waals surface area contributed by atoms with Gasteiger partial charge in [0.2, 0.25) is 0 Å². The minimum absolute atomic E-state index is 0.0508. The van der Waals surface area contributed by atoms with E-state index >= 15 is 0 Å². The van der Waals surface area contributed by atoms with Crippen LogP contribution in [0, 0.1) is 11.8 Å². The van der Waals surface area contributed by atoms with E-state index in [2.05, 4.69) is 12.2 Å². The maximum absolute atomic E-state index is 12.7. The molecule has 0 saturated heterocycles. The molecule has 0 bridgehead atoms. The van der Waals surface area contributed by atoms with Crippen LogP contribution in [0.2, 0.25) is 0 Å². The molecule has 0 heterocycles. The van der Waals surface area contributed by atoms with Gasteiger partial charge in [-0.25, -0.2) is 0 Å². The third kappa shape index (κ3) is 3.75. The molecule has 0 aliphatic heterocycles. The fourth-order valence-corrected chi connectivity index (χ4v) is 2.96. The SMILES string of the molecule is CC(NCC1CCCC1C)c1cccc(C(F)(F)F)c1. The van der Waals surface area contributed by atoms with Gasteiger partial charge in [0.25, 0.3) is 0 Å². The maximum Gasteiger partial charge on any atom is 0.416 e. The standard InChI is InChI=1S/C16H22F3N/c1-11-5-3-7-14(11)10-20-12(2)13-6-4-8-15(9-13)16(17,18)19/h4,6,8-9,11-12,14,20H,3,5,7,10H2,1-2H3. The molecule has 1 aliphatic rings. The summed E-state index contributed by atoms with van der Waals surface area (Å²) in [6.45, 7) is 5.07. The largest absolute Gasteiger partial charge is 0.416 e. The van der Waals surface area contributed by atoms with Gasteiger partial charge in [-0.15, -0.1) is 0 Å². The summed E-state index contributed by atoms with van der Waals surface area (Å²) in [4.78, 5) is 0. The van der Waals surface area contributed by atoms with Crippen LogP contribution in [0.1, 0.15) is 50.3 Å². The van der Waals surface area contributed by atoms with Crippen LogP contribution >= 0.6 is 0 Å². The maximum atomic E-state index is 12.7. The third-order valence-electron chi connectivity index (χ3n) is 4.44. The van der Waals surface area contributed by atoms with Gasteiger partial charge >= 0.3 is 6.18 Å². The molecule has 1 aliphatic carbocycles. The van der Waals surface area contributed by atoms with Crippen LogP contribution in [-0.4, -0.2) is 6.54 Å². The van der Waals surface area contributed by atoms with Crippen molar-refractivity contribution in [2.24, 2.45) is 11.8 Å². The number of hydrogen-bond acceptors (Lipinski definition) is 1. The van der Waals surface area contributed by atoms with E-state index in [4.69, 9.17) is 0 Å². The monoisotopic (exact) mass is 285 g/mol. The molecular weight excluding hydrogens is 263 g/mol. The van der Waals surface area contributed by atoms with E-state index < -0.39 is 11.7 Å². The number of nitrogens with one attached hydrogen (secondary N) is 1. The van der Waals surface area contributed by atoms with E-state index in [1.54, 1.807) is 6.07 Å². The zero-order valence-corrected chi connectivity index (χ0v) is 12.0. The topological polar surface area (TPSA) is 12.0 Å². The Hall–Kier alpha value is -1.03. The first-order valence-corrected chi connectivity index (χ1v) is 7.28. The lowest BCUT2D eigenvalue weighted by Crippen LogP contribution is -2.27. The van der Waals surface area contributed by atoms with Crippen molar-refractivity contribution in [1.82, 2.24) is 5.32 Å². The van der Waals surface area contributed by atoms with Crippen molar-refractivity contribution in [3.05, 3.63) is 35.4 Å². The van der Waals surface area contributed by atoms with Crippen molar-refractivity contribution >= 4 is 0 Å². The summed E-state index contributed by atoms with van der Waals surface area (Å²) in [6, 6.07) is 5.55. The molecule has 3 unspecified atom stereocenters. The van der Waals surface area contributed by atoms with Gasteiger partial charge in [-0.2, -0.15) is 13.2 Å². The molecule has 2 rings (SSSR count). The van der Waals surface area contributed by atoms with Gasteiger partial charge in [0.15, 0.2) is 0 Å². The average molecular weight is 285 g/mol. The van der Waals surface area contributed by atoms with Crippen LogP contribution in [0.5, 0.6) is 0 Å². The molecule has 112 valence electrons. The Labute approximate surface area is 118 Å². The van der Waals surface area contributed by atoms with Crippen molar-refractivity contribution in [2.45, 2.75) is 45.3 Å². The molecule has 0 spiro atoms. The predicted molar refractivity (Wildman–Crippen MR) is 74.4 cm³/mol. The molecule has 1 saturated carbocycles. The van der Waals surface area contributed by atoms with Crippen LogP contribution in [0.4, 0.5) is 13.2 Å². The van der Waals surface area contributed by atoms with Crippen LogP contribution in [-0.2, 0) is 6.18 Å². The van der Waals surface area contributed by atoms with Gasteiger partial charge in [-0.05, 0) is 49.4 Å². The number of halogens is 3. The van der Waals surface area contributed by atoms with Gasteiger partial charge in [0.05, 0.1) is 5.56 Å². The minimum atomic E-state index is -4.27. The summed E-state index contributed by atoms with van der Waals surface area (Å²) in [6.07, 6.45) is -0.505. The predicted octanol–water partition coefficient (Wildman–Crippen LogP) is 4.79. The summed E-state index contributed by atoms with van der Waals surface area (Å²) in [7, 11) is 0. The molecule has 1 N–H and O–H groups in total. The lowest BCUT2D eigenvalue weighted by Gasteiger charge is -2.21. The average Bonchev–Trinajstić information content (AvgIpc) is 2.81. The highest BCUT2D eigenvalue weighted by molar-refractivity contribution is 5.27. The first kappa shape index (κ1) is 15.4. The highest BCUT2D eigenvalue weighted by Gasteiger charge is 2.30.